The van der Waals surface area contributed by atoms with Gasteiger partial charge < -0.3 is 0 Å². The molecule has 0 saturated heterocycles. The molecule has 0 nitrogen and oxygen atoms in total. The molecule has 15 heavy (non-hydrogen) atoms. The van der Waals surface area contributed by atoms with Crippen LogP contribution in [0.2, 0.25) is 0 Å². The maximum atomic E-state index is 3.79. The molecule has 0 spiro atoms. The number of rotatable bonds is 2. The largest absolute Gasteiger partial charge is 0.0985 e. The summed E-state index contributed by atoms with van der Waals surface area (Å²) in [4.78, 5) is 0. The van der Waals surface area contributed by atoms with Crippen molar-refractivity contribution in [3.8, 4) is 11.1 Å². The zero-order valence-corrected chi connectivity index (χ0v) is 8.90. The maximum absolute atomic E-state index is 3.79. The third-order valence-electron chi connectivity index (χ3n) is 2.58. The van der Waals surface area contributed by atoms with Gasteiger partial charge in [-0.25, -0.2) is 0 Å². The van der Waals surface area contributed by atoms with Crippen LogP contribution in [0.15, 0.2) is 55.1 Å². The van der Waals surface area contributed by atoms with Gasteiger partial charge in [0.1, 0.15) is 0 Å². The zero-order chi connectivity index (χ0) is 10.7. The molecule has 0 N–H and O–H groups in total. The second kappa shape index (κ2) is 4.14. The van der Waals surface area contributed by atoms with Crippen LogP contribution < -0.4 is 0 Å². The van der Waals surface area contributed by atoms with Crippen molar-refractivity contribution >= 4 is 6.08 Å². The van der Waals surface area contributed by atoms with Gasteiger partial charge in [0, 0.05) is 0 Å². The molecular formula is C15H14. The van der Waals surface area contributed by atoms with E-state index in [2.05, 4.69) is 62.0 Å². The summed E-state index contributed by atoms with van der Waals surface area (Å²) in [7, 11) is 0. The Morgan fingerprint density at radius 1 is 1.00 bits per heavy atom. The Morgan fingerprint density at radius 2 is 1.80 bits per heavy atom. The molecule has 74 valence electrons. The van der Waals surface area contributed by atoms with Crippen molar-refractivity contribution in [2.45, 2.75) is 6.92 Å². The summed E-state index contributed by atoms with van der Waals surface area (Å²) in [5.74, 6) is 0. The number of aryl methyl sites for hydroxylation is 1. The van der Waals surface area contributed by atoms with Gasteiger partial charge in [-0.3, -0.25) is 0 Å². The van der Waals surface area contributed by atoms with E-state index in [4.69, 9.17) is 0 Å². The lowest BCUT2D eigenvalue weighted by molar-refractivity contribution is 1.46. The summed E-state index contributed by atoms with van der Waals surface area (Å²) in [6, 6.07) is 16.9. The molecule has 0 amide bonds. The van der Waals surface area contributed by atoms with Crippen molar-refractivity contribution in [3.05, 3.63) is 66.2 Å². The van der Waals surface area contributed by atoms with E-state index < -0.39 is 0 Å². The number of hydrogen-bond acceptors (Lipinski definition) is 0. The van der Waals surface area contributed by atoms with Gasteiger partial charge in [0.25, 0.3) is 0 Å². The van der Waals surface area contributed by atoms with Gasteiger partial charge in [-0.05, 0) is 35.2 Å². The molecule has 0 aliphatic carbocycles. The van der Waals surface area contributed by atoms with E-state index >= 15 is 0 Å². The molecule has 0 aliphatic heterocycles. The Hall–Kier alpha value is -1.82. The van der Waals surface area contributed by atoms with Crippen LogP contribution in [0.3, 0.4) is 0 Å². The fourth-order valence-corrected chi connectivity index (χ4v) is 1.73. The Bertz CT molecular complexity index is 481. The number of hydrogen-bond donors (Lipinski definition) is 0. The summed E-state index contributed by atoms with van der Waals surface area (Å²) in [6.07, 6.45) is 1.88. The third-order valence-corrected chi connectivity index (χ3v) is 2.58. The van der Waals surface area contributed by atoms with Gasteiger partial charge in [0.05, 0.1) is 0 Å². The Morgan fingerprint density at radius 3 is 2.53 bits per heavy atom. The lowest BCUT2D eigenvalue weighted by Gasteiger charge is -2.06. The highest BCUT2D eigenvalue weighted by molar-refractivity contribution is 5.69. The average Bonchev–Trinajstić information content (AvgIpc) is 2.30. The molecule has 0 radical (unpaired) electrons. The van der Waals surface area contributed by atoms with Crippen LogP contribution in [0.1, 0.15) is 11.1 Å². The van der Waals surface area contributed by atoms with Crippen molar-refractivity contribution in [3.63, 3.8) is 0 Å². The number of benzene rings is 2. The molecule has 0 aliphatic rings. The van der Waals surface area contributed by atoms with Crippen molar-refractivity contribution in [2.75, 3.05) is 0 Å². The zero-order valence-electron chi connectivity index (χ0n) is 8.90. The van der Waals surface area contributed by atoms with Crippen molar-refractivity contribution in [2.24, 2.45) is 0 Å². The first-order chi connectivity index (χ1) is 7.31. The molecule has 0 bridgehead atoms. The normalized spacial score (nSPS) is 9.93. The molecule has 0 heterocycles. The van der Waals surface area contributed by atoms with Gasteiger partial charge in [-0.15, -0.1) is 0 Å². The van der Waals surface area contributed by atoms with Crippen LogP contribution in [0.25, 0.3) is 17.2 Å². The second-order valence-corrected chi connectivity index (χ2v) is 3.64. The first-order valence-electron chi connectivity index (χ1n) is 5.10. The van der Waals surface area contributed by atoms with Crippen LogP contribution in [0.4, 0.5) is 0 Å². The first-order valence-corrected chi connectivity index (χ1v) is 5.10. The first kappa shape index (κ1) is 9.72. The lowest BCUT2D eigenvalue weighted by Crippen LogP contribution is -1.82. The summed E-state index contributed by atoms with van der Waals surface area (Å²) in [6.45, 7) is 5.92. The Balaban J connectivity index is 2.54. The van der Waals surface area contributed by atoms with E-state index in [1.54, 1.807) is 0 Å². The highest BCUT2D eigenvalue weighted by atomic mass is 14.0. The van der Waals surface area contributed by atoms with E-state index in [1.165, 1.54) is 16.7 Å². The van der Waals surface area contributed by atoms with E-state index in [0.29, 0.717) is 0 Å². The van der Waals surface area contributed by atoms with Crippen molar-refractivity contribution in [1.82, 2.24) is 0 Å². The van der Waals surface area contributed by atoms with Crippen molar-refractivity contribution in [1.29, 1.82) is 0 Å². The minimum absolute atomic E-state index is 1.16. The molecule has 0 atom stereocenters. The van der Waals surface area contributed by atoms with Gasteiger partial charge in [-0.2, -0.15) is 0 Å². The quantitative estimate of drug-likeness (QED) is 0.668. The van der Waals surface area contributed by atoms with E-state index in [-0.39, 0.29) is 0 Å². The minimum Gasteiger partial charge on any atom is -0.0985 e. The Labute approximate surface area is 90.9 Å². The van der Waals surface area contributed by atoms with Crippen molar-refractivity contribution < 1.29 is 0 Å². The monoisotopic (exact) mass is 194 g/mol. The average molecular weight is 194 g/mol. The Kier molecular flexibility index (Phi) is 2.68. The maximum Gasteiger partial charge on any atom is -0.0155 e. The summed E-state index contributed by atoms with van der Waals surface area (Å²) >= 11 is 0. The molecule has 0 unspecified atom stereocenters. The van der Waals surface area contributed by atoms with E-state index in [0.717, 1.165) is 5.56 Å². The van der Waals surface area contributed by atoms with Gasteiger partial charge >= 0.3 is 0 Å². The highest BCUT2D eigenvalue weighted by Gasteiger charge is 2.00. The molecule has 0 heteroatoms. The SMILES string of the molecule is C=Cc1cccc(-c2ccccc2C)c1. The fourth-order valence-electron chi connectivity index (χ4n) is 1.73. The van der Waals surface area contributed by atoms with Crippen LogP contribution in [0.5, 0.6) is 0 Å². The van der Waals surface area contributed by atoms with Crippen LogP contribution in [0, 0.1) is 6.92 Å². The van der Waals surface area contributed by atoms with Gasteiger partial charge in [0.2, 0.25) is 0 Å². The molecule has 0 aromatic heterocycles. The molecule has 2 aromatic carbocycles. The summed E-state index contributed by atoms with van der Waals surface area (Å²) in [5.41, 5.74) is 5.01. The topological polar surface area (TPSA) is 0 Å². The van der Waals surface area contributed by atoms with Crippen LogP contribution >= 0.6 is 0 Å². The summed E-state index contributed by atoms with van der Waals surface area (Å²) in [5, 5.41) is 0. The molecule has 0 fully saturated rings. The molecular weight excluding hydrogens is 180 g/mol. The van der Waals surface area contributed by atoms with E-state index in [1.807, 2.05) is 6.08 Å². The predicted octanol–water partition coefficient (Wildman–Crippen LogP) is 4.31. The fraction of sp³-hybridized carbons (Fsp3) is 0.0667. The van der Waals surface area contributed by atoms with Crippen LogP contribution in [-0.2, 0) is 0 Å². The lowest BCUT2D eigenvalue weighted by atomic mass is 9.99. The highest BCUT2D eigenvalue weighted by Crippen LogP contribution is 2.23. The predicted molar refractivity (Wildman–Crippen MR) is 66.7 cm³/mol. The molecule has 2 aromatic rings. The summed E-state index contributed by atoms with van der Waals surface area (Å²) < 4.78 is 0. The minimum atomic E-state index is 1.16. The third kappa shape index (κ3) is 1.99. The molecule has 0 saturated carbocycles. The smallest absolute Gasteiger partial charge is 0.0155 e. The van der Waals surface area contributed by atoms with Gasteiger partial charge in [0.15, 0.2) is 0 Å². The molecule has 2 rings (SSSR count). The standard InChI is InChI=1S/C15H14/c1-3-13-8-6-9-14(11-13)15-10-5-4-7-12(15)2/h3-11H,1H2,2H3. The van der Waals surface area contributed by atoms with E-state index in [9.17, 15) is 0 Å². The van der Waals surface area contributed by atoms with Crippen LogP contribution in [-0.4, -0.2) is 0 Å². The van der Waals surface area contributed by atoms with Gasteiger partial charge in [-0.1, -0.05) is 55.1 Å². The second-order valence-electron chi connectivity index (χ2n) is 3.64.